The monoisotopic (exact) mass is 431 g/mol. The van der Waals surface area contributed by atoms with E-state index in [9.17, 15) is 4.79 Å². The molecule has 1 saturated heterocycles. The van der Waals surface area contributed by atoms with Crippen LogP contribution < -0.4 is 11.1 Å². The lowest BCUT2D eigenvalue weighted by Gasteiger charge is -2.36. The van der Waals surface area contributed by atoms with Crippen LogP contribution >= 0.6 is 0 Å². The number of hydrogen-bond donors (Lipinski definition) is 2. The number of nitrogens with two attached hydrogens (primary N) is 1. The molecule has 168 valence electrons. The van der Waals surface area contributed by atoms with E-state index in [4.69, 9.17) is 10.5 Å². The van der Waals surface area contributed by atoms with Crippen LogP contribution in [0.2, 0.25) is 0 Å². The normalized spacial score (nSPS) is 18.9. The van der Waals surface area contributed by atoms with Gasteiger partial charge in [-0.2, -0.15) is 0 Å². The molecule has 1 amide bonds. The van der Waals surface area contributed by atoms with E-state index in [1.165, 1.54) is 11.1 Å². The molecule has 0 unspecified atom stereocenters. The number of pyridine rings is 1. The van der Waals surface area contributed by atoms with Crippen molar-refractivity contribution < 1.29 is 9.53 Å². The molecule has 4 rings (SSSR count). The van der Waals surface area contributed by atoms with Crippen LogP contribution in [0.25, 0.3) is 22.0 Å². The molecule has 1 aliphatic rings. The highest BCUT2D eigenvalue weighted by Crippen LogP contribution is 2.29. The van der Waals surface area contributed by atoms with Crippen molar-refractivity contribution in [3.05, 3.63) is 59.7 Å². The number of benzene rings is 2. The van der Waals surface area contributed by atoms with Gasteiger partial charge < -0.3 is 15.8 Å². The molecule has 32 heavy (non-hydrogen) atoms. The number of anilines is 1. The lowest BCUT2D eigenvalue weighted by molar-refractivity contribution is -0.127. The van der Waals surface area contributed by atoms with Crippen LogP contribution in [0.4, 0.5) is 5.82 Å². The number of nitrogen functional groups attached to an aromatic ring is 1. The minimum Gasteiger partial charge on any atom is -0.383 e. The lowest BCUT2D eigenvalue weighted by Crippen LogP contribution is -2.47. The van der Waals surface area contributed by atoms with Gasteiger partial charge in [0, 0.05) is 24.0 Å². The summed E-state index contributed by atoms with van der Waals surface area (Å²) < 4.78 is 5.76. The van der Waals surface area contributed by atoms with Crippen LogP contribution in [0.15, 0.2) is 48.5 Å². The zero-order valence-electron chi connectivity index (χ0n) is 19.4. The zero-order valence-corrected chi connectivity index (χ0v) is 19.4. The third kappa shape index (κ3) is 4.94. The van der Waals surface area contributed by atoms with Crippen molar-refractivity contribution in [2.45, 2.75) is 58.6 Å². The molecular formula is C27H33N3O2. The minimum atomic E-state index is -0.194. The quantitative estimate of drug-likeness (QED) is 0.593. The predicted molar refractivity (Wildman–Crippen MR) is 130 cm³/mol. The van der Waals surface area contributed by atoms with Crippen molar-refractivity contribution in [3.8, 4) is 11.1 Å². The topological polar surface area (TPSA) is 77.2 Å². The van der Waals surface area contributed by atoms with Crippen LogP contribution in [0.1, 0.15) is 44.7 Å². The third-order valence-corrected chi connectivity index (χ3v) is 6.40. The Bertz CT molecular complexity index is 1140. The summed E-state index contributed by atoms with van der Waals surface area (Å²) in [7, 11) is 0. The van der Waals surface area contributed by atoms with E-state index in [-0.39, 0.29) is 23.5 Å². The van der Waals surface area contributed by atoms with Crippen LogP contribution in [0.3, 0.4) is 0 Å². The number of aromatic nitrogens is 1. The maximum atomic E-state index is 12.9. The number of hydrogen-bond acceptors (Lipinski definition) is 4. The fourth-order valence-corrected chi connectivity index (χ4v) is 4.58. The molecule has 5 heteroatoms. The Labute approximate surface area is 190 Å². The number of aryl methyl sites for hydroxylation is 1. The average molecular weight is 432 g/mol. The Hall–Kier alpha value is -2.92. The number of carbonyl (C=O) groups excluding carboxylic acids is 1. The van der Waals surface area contributed by atoms with Gasteiger partial charge in [-0.1, -0.05) is 37.3 Å². The first-order valence-corrected chi connectivity index (χ1v) is 11.4. The highest BCUT2D eigenvalue weighted by molar-refractivity contribution is 5.87. The predicted octanol–water partition coefficient (Wildman–Crippen LogP) is 5.04. The molecule has 0 spiro atoms. The Morgan fingerprint density at radius 1 is 1.25 bits per heavy atom. The molecule has 0 bridgehead atoms. The summed E-state index contributed by atoms with van der Waals surface area (Å²) in [4.78, 5) is 17.5. The van der Waals surface area contributed by atoms with E-state index in [0.717, 1.165) is 34.9 Å². The van der Waals surface area contributed by atoms with Gasteiger partial charge in [0.05, 0.1) is 11.1 Å². The summed E-state index contributed by atoms with van der Waals surface area (Å²) in [5.41, 5.74) is 11.4. The van der Waals surface area contributed by atoms with Gasteiger partial charge in [-0.3, -0.25) is 4.79 Å². The van der Waals surface area contributed by atoms with E-state index in [0.29, 0.717) is 18.8 Å². The van der Waals surface area contributed by atoms with Gasteiger partial charge in [0.2, 0.25) is 5.91 Å². The van der Waals surface area contributed by atoms with Crippen LogP contribution in [-0.2, 0) is 16.0 Å². The fourth-order valence-electron chi connectivity index (χ4n) is 4.58. The number of ether oxygens (including phenoxy) is 1. The van der Waals surface area contributed by atoms with Crippen LogP contribution in [-0.4, -0.2) is 29.1 Å². The van der Waals surface area contributed by atoms with Gasteiger partial charge in [0.25, 0.3) is 0 Å². The molecule has 1 aliphatic heterocycles. The number of nitrogens with one attached hydrogen (secondary N) is 1. The first-order valence-electron chi connectivity index (χ1n) is 11.4. The number of amides is 1. The standard InChI is InChI=1S/C27H33N3O2/c1-17-7-5-6-8-23(17)19-9-10-24-20(14-19)15-21(25(28)30-24)13-18(2)26(31)29-22-11-12-32-27(3,4)16-22/h5-10,14-15,18,22H,11-13,16H2,1-4H3,(H2,28,30)(H,29,31)/t18-,22-/m1/s1. The Kier molecular flexibility index (Phi) is 6.20. The van der Waals surface area contributed by atoms with Crippen molar-refractivity contribution in [1.29, 1.82) is 0 Å². The first kappa shape index (κ1) is 22.3. The molecule has 1 aromatic heterocycles. The summed E-state index contributed by atoms with van der Waals surface area (Å²) in [5.74, 6) is 0.357. The summed E-state index contributed by atoms with van der Waals surface area (Å²) in [6.07, 6.45) is 2.23. The third-order valence-electron chi connectivity index (χ3n) is 6.40. The lowest BCUT2D eigenvalue weighted by atomic mass is 9.92. The van der Waals surface area contributed by atoms with E-state index in [2.05, 4.69) is 67.5 Å². The van der Waals surface area contributed by atoms with Crippen molar-refractivity contribution in [1.82, 2.24) is 10.3 Å². The molecule has 2 heterocycles. The number of fused-ring (bicyclic) bond motifs is 1. The zero-order chi connectivity index (χ0) is 22.9. The van der Waals surface area contributed by atoms with E-state index in [1.807, 2.05) is 19.1 Å². The van der Waals surface area contributed by atoms with Gasteiger partial charge in [-0.25, -0.2) is 4.98 Å². The van der Waals surface area contributed by atoms with Crippen molar-refractivity contribution >= 4 is 22.6 Å². The maximum Gasteiger partial charge on any atom is 0.223 e. The summed E-state index contributed by atoms with van der Waals surface area (Å²) in [6.45, 7) is 8.89. The van der Waals surface area contributed by atoms with Gasteiger partial charge >= 0.3 is 0 Å². The SMILES string of the molecule is Cc1ccccc1-c1ccc2nc(N)c(C[C@@H](C)C(=O)N[C@@H]3CCOC(C)(C)C3)cc2c1. The van der Waals surface area contributed by atoms with Crippen molar-refractivity contribution in [2.24, 2.45) is 5.92 Å². The fraction of sp³-hybridized carbons (Fsp3) is 0.407. The van der Waals surface area contributed by atoms with Gasteiger partial charge in [0.1, 0.15) is 5.82 Å². The minimum absolute atomic E-state index is 0.0563. The second kappa shape index (κ2) is 8.91. The smallest absolute Gasteiger partial charge is 0.223 e. The molecule has 3 aromatic rings. The largest absolute Gasteiger partial charge is 0.383 e. The van der Waals surface area contributed by atoms with E-state index >= 15 is 0 Å². The molecule has 0 radical (unpaired) electrons. The maximum absolute atomic E-state index is 12.9. The highest BCUT2D eigenvalue weighted by Gasteiger charge is 2.30. The first-order chi connectivity index (χ1) is 15.2. The highest BCUT2D eigenvalue weighted by atomic mass is 16.5. The van der Waals surface area contributed by atoms with Crippen molar-refractivity contribution in [2.75, 3.05) is 12.3 Å². The number of carbonyl (C=O) groups is 1. The second-order valence-corrected chi connectivity index (χ2v) is 9.67. The summed E-state index contributed by atoms with van der Waals surface area (Å²) >= 11 is 0. The molecule has 5 nitrogen and oxygen atoms in total. The molecule has 2 atom stereocenters. The molecular weight excluding hydrogens is 398 g/mol. The summed E-state index contributed by atoms with van der Waals surface area (Å²) in [6, 6.07) is 16.8. The Balaban J connectivity index is 1.52. The molecule has 0 aliphatic carbocycles. The van der Waals surface area contributed by atoms with Crippen LogP contribution in [0, 0.1) is 12.8 Å². The molecule has 2 aromatic carbocycles. The second-order valence-electron chi connectivity index (χ2n) is 9.67. The van der Waals surface area contributed by atoms with Gasteiger partial charge in [0.15, 0.2) is 0 Å². The van der Waals surface area contributed by atoms with E-state index < -0.39 is 0 Å². The Morgan fingerprint density at radius 3 is 2.78 bits per heavy atom. The molecule has 1 fully saturated rings. The molecule has 0 saturated carbocycles. The van der Waals surface area contributed by atoms with Gasteiger partial charge in [-0.05, 0) is 80.5 Å². The number of rotatable bonds is 5. The average Bonchev–Trinajstić information content (AvgIpc) is 2.73. The van der Waals surface area contributed by atoms with Gasteiger partial charge in [-0.15, -0.1) is 0 Å². The Morgan fingerprint density at radius 2 is 2.03 bits per heavy atom. The number of nitrogens with zero attached hydrogens (tertiary/aromatic N) is 1. The summed E-state index contributed by atoms with van der Waals surface area (Å²) in [5, 5.41) is 4.24. The van der Waals surface area contributed by atoms with Crippen molar-refractivity contribution in [3.63, 3.8) is 0 Å². The van der Waals surface area contributed by atoms with Crippen LogP contribution in [0.5, 0.6) is 0 Å². The van der Waals surface area contributed by atoms with E-state index in [1.54, 1.807) is 0 Å². The molecule has 3 N–H and O–H groups in total.